The maximum Gasteiger partial charge on any atom is 0.398 e. The van der Waals surface area contributed by atoms with Crippen LogP contribution >= 0.6 is 11.6 Å². The van der Waals surface area contributed by atoms with E-state index in [0.29, 0.717) is 5.82 Å². The van der Waals surface area contributed by atoms with Gasteiger partial charge >= 0.3 is 6.19 Å². The van der Waals surface area contributed by atoms with Gasteiger partial charge in [0.15, 0.2) is 5.82 Å². The molecule has 0 radical (unpaired) electrons. The van der Waals surface area contributed by atoms with Gasteiger partial charge in [0.05, 0.1) is 18.4 Å². The first kappa shape index (κ1) is 21.0. The second-order valence-corrected chi connectivity index (χ2v) is 10.6. The summed E-state index contributed by atoms with van der Waals surface area (Å²) in [7, 11) is 1.71. The van der Waals surface area contributed by atoms with E-state index in [4.69, 9.17) is 15.1 Å². The number of methoxy groups -OCH3 is 1. The van der Waals surface area contributed by atoms with Gasteiger partial charge in [0.25, 0.3) is 0 Å². The highest BCUT2D eigenvalue weighted by Crippen LogP contribution is 2.47. The number of hydrogen-bond donors (Lipinski definition) is 1. The Labute approximate surface area is 182 Å². The molecule has 2 heterocycles. The number of anilines is 1. The third kappa shape index (κ3) is 3.34. The number of aryl methyl sites for hydroxylation is 2. The number of benzene rings is 2. The van der Waals surface area contributed by atoms with Gasteiger partial charge in [-0.3, -0.25) is 0 Å². The molecule has 1 aromatic heterocycles. The number of nitrogens with zero attached hydrogens (tertiary/aromatic N) is 2. The molecule has 2 N–H and O–H groups in total. The summed E-state index contributed by atoms with van der Waals surface area (Å²) in [5.41, 5.74) is 11.1. The molecular weight excluding hydrogens is 393 g/mol. The number of aromatic nitrogens is 2. The average Bonchev–Trinajstić information content (AvgIpc) is 2.91. The molecule has 1 aliphatic heterocycles. The average molecular weight is 421 g/mol. The predicted molar refractivity (Wildman–Crippen MR) is 128 cm³/mol. The minimum atomic E-state index is -0.217. The van der Waals surface area contributed by atoms with Crippen molar-refractivity contribution in [2.45, 2.75) is 51.9 Å². The second kappa shape index (κ2) is 7.17. The van der Waals surface area contributed by atoms with Gasteiger partial charge in [-0.25, -0.2) is 0 Å². The molecule has 2 aromatic carbocycles. The highest BCUT2D eigenvalue weighted by Gasteiger charge is 2.51. The summed E-state index contributed by atoms with van der Waals surface area (Å²) in [4.78, 5) is 0. The van der Waals surface area contributed by atoms with Crippen molar-refractivity contribution in [1.82, 2.24) is 10.2 Å². The third-order valence-electron chi connectivity index (χ3n) is 6.40. The van der Waals surface area contributed by atoms with Crippen molar-refractivity contribution in [3.63, 3.8) is 0 Å². The first-order valence-electron chi connectivity index (χ1n) is 10.1. The van der Waals surface area contributed by atoms with E-state index in [1.807, 2.05) is 24.6 Å². The van der Waals surface area contributed by atoms with Gasteiger partial charge in [0.2, 0.25) is 0 Å². The quantitative estimate of drug-likeness (QED) is 0.627. The zero-order valence-electron chi connectivity index (χ0n) is 18.7. The van der Waals surface area contributed by atoms with Gasteiger partial charge in [-0.05, 0) is 76.3 Å². The molecule has 1 aliphatic rings. The largest absolute Gasteiger partial charge is 0.496 e. The summed E-state index contributed by atoms with van der Waals surface area (Å²) in [5, 5.41) is 10.1. The van der Waals surface area contributed by atoms with E-state index in [0.717, 1.165) is 38.9 Å². The van der Waals surface area contributed by atoms with E-state index >= 15 is 0 Å². The normalized spacial score (nSPS) is 17.5. The maximum absolute atomic E-state index is 6.49. The Balaban J connectivity index is 1.86. The van der Waals surface area contributed by atoms with Crippen LogP contribution in [0.15, 0.2) is 30.3 Å². The summed E-state index contributed by atoms with van der Waals surface area (Å²) >= 11 is 1.87. The lowest BCUT2D eigenvalue weighted by Crippen LogP contribution is -2.40. The van der Waals surface area contributed by atoms with Gasteiger partial charge in [-0.1, -0.05) is 12.1 Å². The molecule has 0 aliphatic carbocycles. The first-order chi connectivity index (χ1) is 14.0. The molecule has 1 saturated heterocycles. The molecule has 30 heavy (non-hydrogen) atoms. The standard InChI is InChI=1S/C23H28BN3O2S/c1-13-10-20(28-7)18(12-19(13)24-29-22(3,4)23(5,6)30-24)15-8-9-16-17(11-15)14(2)26-27-21(16)25/h8-12H,1-7H3,(H2,25,27). The minimum absolute atomic E-state index is 0.0143. The van der Waals surface area contributed by atoms with Crippen LogP contribution in [0.2, 0.25) is 0 Å². The van der Waals surface area contributed by atoms with Crippen molar-refractivity contribution in [2.75, 3.05) is 12.8 Å². The zero-order valence-corrected chi connectivity index (χ0v) is 19.5. The molecule has 1 fully saturated rings. The Kier molecular flexibility index (Phi) is 5.02. The second-order valence-electron chi connectivity index (χ2n) is 8.93. The Morgan fingerprint density at radius 3 is 2.40 bits per heavy atom. The van der Waals surface area contributed by atoms with Crippen LogP contribution in [0.25, 0.3) is 21.9 Å². The molecule has 4 rings (SSSR count). The topological polar surface area (TPSA) is 70.3 Å². The molecular formula is C23H28BN3O2S. The summed E-state index contributed by atoms with van der Waals surface area (Å²) < 4.78 is 12.2. The SMILES string of the molecule is COc1cc(C)c(B2OC(C)(C)C(C)(C)S2)cc1-c1ccc2c(N)nnc(C)c2c1. The number of hydrogen-bond acceptors (Lipinski definition) is 6. The van der Waals surface area contributed by atoms with Crippen molar-refractivity contribution in [1.29, 1.82) is 0 Å². The number of nitrogens with two attached hydrogens (primary N) is 1. The van der Waals surface area contributed by atoms with E-state index in [1.54, 1.807) is 7.11 Å². The van der Waals surface area contributed by atoms with Crippen molar-refractivity contribution in [2.24, 2.45) is 0 Å². The van der Waals surface area contributed by atoms with Crippen LogP contribution in [0.1, 0.15) is 39.0 Å². The number of rotatable bonds is 3. The fourth-order valence-electron chi connectivity index (χ4n) is 3.79. The molecule has 0 unspecified atom stereocenters. The van der Waals surface area contributed by atoms with Gasteiger partial charge in [0, 0.05) is 21.1 Å². The van der Waals surface area contributed by atoms with Gasteiger partial charge in [0.1, 0.15) is 5.75 Å². The van der Waals surface area contributed by atoms with E-state index in [9.17, 15) is 0 Å². The van der Waals surface area contributed by atoms with E-state index in [-0.39, 0.29) is 16.5 Å². The van der Waals surface area contributed by atoms with Gasteiger partial charge in [-0.15, -0.1) is 5.10 Å². The summed E-state index contributed by atoms with van der Waals surface area (Å²) in [5.74, 6) is 1.28. The van der Waals surface area contributed by atoms with Crippen LogP contribution in [-0.4, -0.2) is 33.8 Å². The molecule has 5 nitrogen and oxygen atoms in total. The first-order valence-corrected chi connectivity index (χ1v) is 11.0. The van der Waals surface area contributed by atoms with Gasteiger partial charge in [-0.2, -0.15) is 16.7 Å². The lowest BCUT2D eigenvalue weighted by Gasteiger charge is -2.32. The van der Waals surface area contributed by atoms with Crippen LogP contribution in [0.3, 0.4) is 0 Å². The molecule has 0 bridgehead atoms. The molecule has 0 atom stereocenters. The molecule has 7 heteroatoms. The maximum atomic E-state index is 6.49. The van der Waals surface area contributed by atoms with Crippen molar-refractivity contribution in [3.8, 4) is 16.9 Å². The lowest BCUT2D eigenvalue weighted by atomic mass is 9.79. The van der Waals surface area contributed by atoms with E-state index in [2.05, 4.69) is 69.1 Å². The molecule has 0 saturated carbocycles. The Bertz CT molecular complexity index is 1130. The fraction of sp³-hybridized carbons (Fsp3) is 0.391. The fourth-order valence-corrected chi connectivity index (χ4v) is 5.32. The third-order valence-corrected chi connectivity index (χ3v) is 8.04. The summed E-state index contributed by atoms with van der Waals surface area (Å²) in [6.07, 6.45) is -0.0247. The number of fused-ring (bicyclic) bond motifs is 1. The monoisotopic (exact) mass is 421 g/mol. The smallest absolute Gasteiger partial charge is 0.398 e. The van der Waals surface area contributed by atoms with Crippen LogP contribution in [0.4, 0.5) is 5.82 Å². The number of nitrogen functional groups attached to an aromatic ring is 1. The lowest BCUT2D eigenvalue weighted by molar-refractivity contribution is 0.0938. The van der Waals surface area contributed by atoms with Crippen molar-refractivity contribution >= 4 is 39.9 Å². The predicted octanol–water partition coefficient (Wildman–Crippen LogP) is 4.52. The number of ether oxygens (including phenoxy) is 1. The van der Waals surface area contributed by atoms with Crippen LogP contribution < -0.4 is 15.9 Å². The van der Waals surface area contributed by atoms with Crippen molar-refractivity contribution < 1.29 is 9.39 Å². The van der Waals surface area contributed by atoms with E-state index < -0.39 is 0 Å². The summed E-state index contributed by atoms with van der Waals surface area (Å²) in [6, 6.07) is 10.5. The molecule has 0 spiro atoms. The van der Waals surface area contributed by atoms with E-state index in [1.165, 1.54) is 5.46 Å². The van der Waals surface area contributed by atoms with Gasteiger partial charge < -0.3 is 15.1 Å². The zero-order chi connectivity index (χ0) is 21.8. The van der Waals surface area contributed by atoms with Crippen molar-refractivity contribution in [3.05, 3.63) is 41.6 Å². The summed E-state index contributed by atoms with van der Waals surface area (Å²) in [6.45, 7) is 12.9. The molecule has 3 aromatic rings. The molecule has 0 amide bonds. The Hall–Kier alpha value is -2.25. The van der Waals surface area contributed by atoms with Crippen LogP contribution in [-0.2, 0) is 4.65 Å². The minimum Gasteiger partial charge on any atom is -0.496 e. The Morgan fingerprint density at radius 2 is 1.77 bits per heavy atom. The van der Waals surface area contributed by atoms with Crippen LogP contribution in [0.5, 0.6) is 5.75 Å². The van der Waals surface area contributed by atoms with Crippen LogP contribution in [0, 0.1) is 13.8 Å². The highest BCUT2D eigenvalue weighted by atomic mass is 32.2. The highest BCUT2D eigenvalue weighted by molar-refractivity contribution is 8.27. The Morgan fingerprint density at radius 1 is 1.03 bits per heavy atom. The molecule has 156 valence electrons.